The highest BCUT2D eigenvalue weighted by molar-refractivity contribution is 8.01. The first-order valence-corrected chi connectivity index (χ1v) is 8.92. The largest absolute Gasteiger partial charge is 0.481 e. The van der Waals surface area contributed by atoms with Crippen molar-refractivity contribution < 1.29 is 19.1 Å². The van der Waals surface area contributed by atoms with Crippen LogP contribution >= 0.6 is 35.0 Å². The Kier molecular flexibility index (Phi) is 5.22. The van der Waals surface area contributed by atoms with Gasteiger partial charge in [0.25, 0.3) is 0 Å². The van der Waals surface area contributed by atoms with Crippen molar-refractivity contribution in [1.29, 1.82) is 0 Å². The van der Waals surface area contributed by atoms with Crippen molar-refractivity contribution in [3.63, 3.8) is 0 Å². The molecule has 3 rings (SSSR count). The number of hydrogen-bond acceptors (Lipinski definition) is 3. The number of carboxylic acid groups (broad SMARTS) is 1. The summed E-state index contributed by atoms with van der Waals surface area (Å²) < 4.78 is 13.7. The quantitative estimate of drug-likeness (QED) is 0.814. The smallest absolute Gasteiger partial charge is 0.305 e. The fourth-order valence-electron chi connectivity index (χ4n) is 2.57. The van der Waals surface area contributed by atoms with Crippen molar-refractivity contribution in [2.75, 3.05) is 4.90 Å². The van der Waals surface area contributed by atoms with E-state index in [0.29, 0.717) is 26.2 Å². The summed E-state index contributed by atoms with van der Waals surface area (Å²) in [6, 6.07) is 9.08. The number of fused-ring (bicyclic) bond motifs is 1. The third kappa shape index (κ3) is 3.92. The first-order valence-electron chi connectivity index (χ1n) is 7.28. The maximum atomic E-state index is 13.7. The van der Waals surface area contributed by atoms with E-state index in [9.17, 15) is 14.0 Å². The van der Waals surface area contributed by atoms with Gasteiger partial charge in [0.05, 0.1) is 33.9 Å². The number of carboxylic acids is 1. The summed E-state index contributed by atoms with van der Waals surface area (Å²) in [6.07, 6.45) is -0.307. The van der Waals surface area contributed by atoms with E-state index in [0.717, 1.165) is 11.8 Å². The van der Waals surface area contributed by atoms with Crippen molar-refractivity contribution in [1.82, 2.24) is 0 Å². The zero-order chi connectivity index (χ0) is 18.1. The Morgan fingerprint density at radius 2 is 1.96 bits per heavy atom. The van der Waals surface area contributed by atoms with Crippen LogP contribution in [0.4, 0.5) is 10.1 Å². The van der Waals surface area contributed by atoms with Gasteiger partial charge in [0, 0.05) is 4.90 Å². The summed E-state index contributed by atoms with van der Waals surface area (Å²) in [7, 11) is 0. The first kappa shape index (κ1) is 18.0. The lowest BCUT2D eigenvalue weighted by molar-refractivity contribution is -0.138. The molecule has 2 aromatic carbocycles. The average molecular weight is 400 g/mol. The predicted molar refractivity (Wildman–Crippen MR) is 95.9 cm³/mol. The molecule has 130 valence electrons. The Labute approximate surface area is 157 Å². The fourth-order valence-corrected chi connectivity index (χ4v) is 4.09. The molecule has 1 unspecified atom stereocenters. The topological polar surface area (TPSA) is 57.6 Å². The van der Waals surface area contributed by atoms with Crippen LogP contribution in [0, 0.1) is 5.82 Å². The number of anilines is 1. The Bertz CT molecular complexity index is 862. The minimum Gasteiger partial charge on any atom is -0.481 e. The van der Waals surface area contributed by atoms with Crippen LogP contribution in [0.5, 0.6) is 0 Å². The van der Waals surface area contributed by atoms with Crippen molar-refractivity contribution >= 4 is 52.5 Å². The number of rotatable bonds is 4. The number of thioether (sulfide) groups is 1. The van der Waals surface area contributed by atoms with E-state index in [1.807, 2.05) is 0 Å². The molecule has 25 heavy (non-hydrogen) atoms. The number of aliphatic carboxylic acids is 1. The molecule has 0 fully saturated rings. The number of carbonyl (C=O) groups excluding carboxylic acids is 1. The van der Waals surface area contributed by atoms with Gasteiger partial charge in [-0.2, -0.15) is 0 Å². The van der Waals surface area contributed by atoms with Gasteiger partial charge in [0.1, 0.15) is 5.82 Å². The SMILES string of the molecule is O=C(O)CC1Sc2ccc(F)cc2N(Cc2ccc(Cl)c(Cl)c2)C1=O. The zero-order valence-corrected chi connectivity index (χ0v) is 15.0. The normalized spacial score (nSPS) is 16.7. The highest BCUT2D eigenvalue weighted by atomic mass is 35.5. The molecule has 0 aliphatic carbocycles. The van der Waals surface area contributed by atoms with Gasteiger partial charge in [-0.3, -0.25) is 9.59 Å². The number of benzene rings is 2. The zero-order valence-electron chi connectivity index (χ0n) is 12.7. The van der Waals surface area contributed by atoms with E-state index in [1.54, 1.807) is 24.3 Å². The second kappa shape index (κ2) is 7.23. The van der Waals surface area contributed by atoms with E-state index in [-0.39, 0.29) is 18.9 Å². The van der Waals surface area contributed by atoms with E-state index in [2.05, 4.69) is 0 Å². The van der Waals surface area contributed by atoms with Gasteiger partial charge in [-0.25, -0.2) is 4.39 Å². The number of carbonyl (C=O) groups is 2. The first-order chi connectivity index (χ1) is 11.8. The molecule has 1 N–H and O–H groups in total. The Hall–Kier alpha value is -1.76. The molecule has 0 spiro atoms. The number of halogens is 3. The predicted octanol–water partition coefficient (Wildman–Crippen LogP) is 4.61. The van der Waals surface area contributed by atoms with Gasteiger partial charge in [0.15, 0.2) is 0 Å². The number of nitrogens with zero attached hydrogens (tertiary/aromatic N) is 1. The minimum atomic E-state index is -1.06. The highest BCUT2D eigenvalue weighted by Crippen LogP contribution is 2.41. The lowest BCUT2D eigenvalue weighted by Gasteiger charge is -2.33. The van der Waals surface area contributed by atoms with E-state index < -0.39 is 17.0 Å². The molecular formula is C17H12Cl2FNO3S. The van der Waals surface area contributed by atoms with Crippen molar-refractivity contribution in [2.45, 2.75) is 23.1 Å². The van der Waals surface area contributed by atoms with Crippen LogP contribution in [-0.4, -0.2) is 22.2 Å². The van der Waals surface area contributed by atoms with Crippen LogP contribution in [0.15, 0.2) is 41.3 Å². The Balaban J connectivity index is 1.99. The van der Waals surface area contributed by atoms with E-state index in [4.69, 9.17) is 28.3 Å². The third-order valence-electron chi connectivity index (χ3n) is 3.71. The monoisotopic (exact) mass is 399 g/mol. The average Bonchev–Trinajstić information content (AvgIpc) is 2.55. The van der Waals surface area contributed by atoms with Crippen LogP contribution in [-0.2, 0) is 16.1 Å². The summed E-state index contributed by atoms with van der Waals surface area (Å²) in [5.74, 6) is -1.91. The Morgan fingerprint density at radius 3 is 2.64 bits per heavy atom. The maximum Gasteiger partial charge on any atom is 0.305 e. The standard InChI is InChI=1S/C17H12Cl2FNO3S/c18-11-3-1-9(5-12(11)19)8-21-13-6-10(20)2-4-14(13)25-15(17(21)24)7-16(22)23/h1-6,15H,7-8H2,(H,22,23). The molecule has 0 saturated heterocycles. The van der Waals surface area contributed by atoms with Crippen LogP contribution in [0.1, 0.15) is 12.0 Å². The summed E-state index contributed by atoms with van der Waals surface area (Å²) in [5, 5.41) is 9.01. The van der Waals surface area contributed by atoms with Crippen LogP contribution in [0.25, 0.3) is 0 Å². The lowest BCUT2D eigenvalue weighted by atomic mass is 10.1. The molecule has 0 saturated carbocycles. The van der Waals surface area contributed by atoms with Gasteiger partial charge in [0.2, 0.25) is 5.91 Å². The molecule has 1 aliphatic rings. The molecule has 4 nitrogen and oxygen atoms in total. The summed E-state index contributed by atoms with van der Waals surface area (Å²) in [5.41, 5.74) is 1.13. The van der Waals surface area contributed by atoms with Crippen LogP contribution < -0.4 is 4.90 Å². The lowest BCUT2D eigenvalue weighted by Crippen LogP contribution is -2.41. The molecule has 1 amide bonds. The summed E-state index contributed by atoms with van der Waals surface area (Å²) in [6.45, 7) is 0.142. The Morgan fingerprint density at radius 1 is 1.20 bits per heavy atom. The summed E-state index contributed by atoms with van der Waals surface area (Å²) in [4.78, 5) is 25.9. The summed E-state index contributed by atoms with van der Waals surface area (Å²) >= 11 is 13.1. The van der Waals surface area contributed by atoms with E-state index >= 15 is 0 Å². The van der Waals surface area contributed by atoms with Crippen molar-refractivity contribution in [3.8, 4) is 0 Å². The second-order valence-corrected chi connectivity index (χ2v) is 7.55. The fraction of sp³-hybridized carbons (Fsp3) is 0.176. The molecule has 1 aliphatic heterocycles. The molecule has 8 heteroatoms. The van der Waals surface area contributed by atoms with Crippen molar-refractivity contribution in [2.24, 2.45) is 0 Å². The maximum absolute atomic E-state index is 13.7. The van der Waals surface area contributed by atoms with Gasteiger partial charge >= 0.3 is 5.97 Å². The highest BCUT2D eigenvalue weighted by Gasteiger charge is 2.35. The second-order valence-electron chi connectivity index (χ2n) is 5.49. The van der Waals surface area contributed by atoms with Crippen LogP contribution in [0.3, 0.4) is 0 Å². The number of hydrogen-bond donors (Lipinski definition) is 1. The minimum absolute atomic E-state index is 0.142. The van der Waals surface area contributed by atoms with Gasteiger partial charge in [-0.05, 0) is 35.9 Å². The van der Waals surface area contributed by atoms with Gasteiger partial charge in [-0.1, -0.05) is 29.3 Å². The van der Waals surface area contributed by atoms with Gasteiger partial charge < -0.3 is 10.0 Å². The van der Waals surface area contributed by atoms with Gasteiger partial charge in [-0.15, -0.1) is 11.8 Å². The third-order valence-corrected chi connectivity index (χ3v) is 5.70. The molecule has 0 aromatic heterocycles. The molecule has 2 aromatic rings. The van der Waals surface area contributed by atoms with E-state index in [1.165, 1.54) is 17.0 Å². The molecule has 0 bridgehead atoms. The number of amides is 1. The molecule has 1 atom stereocenters. The molecule has 0 radical (unpaired) electrons. The van der Waals surface area contributed by atoms with Crippen molar-refractivity contribution in [3.05, 3.63) is 57.8 Å². The molecular weight excluding hydrogens is 388 g/mol. The van der Waals surface area contributed by atoms with Crippen LogP contribution in [0.2, 0.25) is 10.0 Å². The molecule has 1 heterocycles.